The van der Waals surface area contributed by atoms with Gasteiger partial charge in [0.15, 0.2) is 5.58 Å². The number of hydrogen-bond donors (Lipinski definition) is 1. The first-order chi connectivity index (χ1) is 6.27. The van der Waals surface area contributed by atoms with E-state index in [1.807, 2.05) is 18.2 Å². The van der Waals surface area contributed by atoms with Crippen LogP contribution in [0, 0.1) is 0 Å². The van der Waals surface area contributed by atoms with E-state index in [2.05, 4.69) is 5.16 Å². The van der Waals surface area contributed by atoms with E-state index < -0.39 is 5.91 Å². The lowest BCUT2D eigenvalue weighted by atomic mass is 10.2. The molecule has 0 radical (unpaired) electrons. The molecule has 1 aromatic carbocycles. The van der Waals surface area contributed by atoms with Gasteiger partial charge in [0.25, 0.3) is 0 Å². The number of fused-ring (bicyclic) bond motifs is 1. The molecule has 1 heterocycles. The van der Waals surface area contributed by atoms with Crippen molar-refractivity contribution in [3.05, 3.63) is 30.0 Å². The van der Waals surface area contributed by atoms with E-state index in [-0.39, 0.29) is 6.42 Å². The molecule has 1 aromatic heterocycles. The summed E-state index contributed by atoms with van der Waals surface area (Å²) in [5.41, 5.74) is 6.33. The number of amides is 1. The smallest absolute Gasteiger partial charge is 0.223 e. The summed E-state index contributed by atoms with van der Waals surface area (Å²) in [5.74, 6) is -0.404. The molecular formula is C9H8N2O2. The van der Waals surface area contributed by atoms with E-state index in [0.717, 1.165) is 5.39 Å². The maximum absolute atomic E-state index is 10.7. The summed E-state index contributed by atoms with van der Waals surface area (Å²) in [6, 6.07) is 7.36. The van der Waals surface area contributed by atoms with E-state index in [4.69, 9.17) is 10.3 Å². The third-order valence-corrected chi connectivity index (χ3v) is 1.79. The van der Waals surface area contributed by atoms with Gasteiger partial charge in [-0.2, -0.15) is 0 Å². The average molecular weight is 176 g/mol. The fourth-order valence-electron chi connectivity index (χ4n) is 1.23. The molecule has 0 bridgehead atoms. The van der Waals surface area contributed by atoms with Gasteiger partial charge in [-0.1, -0.05) is 17.3 Å². The zero-order valence-electron chi connectivity index (χ0n) is 6.86. The van der Waals surface area contributed by atoms with Gasteiger partial charge < -0.3 is 10.3 Å². The summed E-state index contributed by atoms with van der Waals surface area (Å²) in [5, 5.41) is 4.61. The number of para-hydroxylation sites is 1. The van der Waals surface area contributed by atoms with Gasteiger partial charge in [-0.25, -0.2) is 0 Å². The predicted octanol–water partition coefficient (Wildman–Crippen LogP) is 0.856. The monoisotopic (exact) mass is 176 g/mol. The van der Waals surface area contributed by atoms with Crippen molar-refractivity contribution in [2.75, 3.05) is 0 Å². The van der Waals surface area contributed by atoms with Crippen LogP contribution in [0.1, 0.15) is 5.69 Å². The molecule has 0 unspecified atom stereocenters. The van der Waals surface area contributed by atoms with E-state index in [9.17, 15) is 4.79 Å². The lowest BCUT2D eigenvalue weighted by Crippen LogP contribution is -2.13. The second kappa shape index (κ2) is 2.90. The van der Waals surface area contributed by atoms with Crippen LogP contribution in [0.3, 0.4) is 0 Å². The number of carbonyl (C=O) groups is 1. The number of rotatable bonds is 2. The Bertz CT molecular complexity index is 448. The minimum absolute atomic E-state index is 0.122. The van der Waals surface area contributed by atoms with Gasteiger partial charge >= 0.3 is 0 Å². The van der Waals surface area contributed by atoms with Crippen LogP contribution >= 0.6 is 0 Å². The molecule has 13 heavy (non-hydrogen) atoms. The van der Waals surface area contributed by atoms with Gasteiger partial charge in [-0.15, -0.1) is 0 Å². The van der Waals surface area contributed by atoms with Gasteiger partial charge in [-0.3, -0.25) is 4.79 Å². The molecule has 0 spiro atoms. The zero-order valence-corrected chi connectivity index (χ0v) is 6.86. The first kappa shape index (κ1) is 7.79. The van der Waals surface area contributed by atoms with Gasteiger partial charge in [-0.05, 0) is 12.1 Å². The molecule has 4 heteroatoms. The van der Waals surface area contributed by atoms with E-state index in [0.29, 0.717) is 11.3 Å². The topological polar surface area (TPSA) is 69.1 Å². The number of hydrogen-bond acceptors (Lipinski definition) is 3. The Balaban J connectivity index is 2.51. The number of primary amides is 1. The lowest BCUT2D eigenvalue weighted by Gasteiger charge is -1.89. The van der Waals surface area contributed by atoms with Crippen molar-refractivity contribution in [3.63, 3.8) is 0 Å². The second-order valence-electron chi connectivity index (χ2n) is 2.77. The summed E-state index contributed by atoms with van der Waals surface area (Å²) >= 11 is 0. The Hall–Kier alpha value is -1.84. The largest absolute Gasteiger partial charge is 0.369 e. The summed E-state index contributed by atoms with van der Waals surface area (Å²) in [7, 11) is 0. The molecule has 4 nitrogen and oxygen atoms in total. The Morgan fingerprint density at radius 2 is 2.23 bits per heavy atom. The lowest BCUT2D eigenvalue weighted by molar-refractivity contribution is -0.117. The van der Waals surface area contributed by atoms with Crippen molar-refractivity contribution < 1.29 is 9.32 Å². The van der Waals surface area contributed by atoms with Crippen molar-refractivity contribution in [1.82, 2.24) is 5.16 Å². The van der Waals surface area contributed by atoms with Crippen molar-refractivity contribution in [2.45, 2.75) is 6.42 Å². The molecule has 0 aliphatic rings. The highest BCUT2D eigenvalue weighted by molar-refractivity contribution is 5.85. The standard InChI is InChI=1S/C9H8N2O2/c10-9(12)5-7-6-3-1-2-4-8(6)13-11-7/h1-4H,5H2,(H2,10,12). The van der Waals surface area contributed by atoms with Crippen LogP contribution in [0.5, 0.6) is 0 Å². The van der Waals surface area contributed by atoms with E-state index in [1.54, 1.807) is 6.07 Å². The Morgan fingerprint density at radius 3 is 3.00 bits per heavy atom. The van der Waals surface area contributed by atoms with Crippen molar-refractivity contribution in [2.24, 2.45) is 5.73 Å². The molecule has 0 fully saturated rings. The van der Waals surface area contributed by atoms with Crippen LogP contribution in [0.15, 0.2) is 28.8 Å². The molecule has 2 rings (SSSR count). The Labute approximate surface area is 74.3 Å². The van der Waals surface area contributed by atoms with Gasteiger partial charge in [0.1, 0.15) is 5.69 Å². The SMILES string of the molecule is NC(=O)Cc1noc2ccccc12. The van der Waals surface area contributed by atoms with Gasteiger partial charge in [0.05, 0.1) is 6.42 Å². The number of carbonyl (C=O) groups excluding carboxylic acids is 1. The number of nitrogens with two attached hydrogens (primary N) is 1. The molecule has 0 saturated heterocycles. The molecule has 0 saturated carbocycles. The highest BCUT2D eigenvalue weighted by Crippen LogP contribution is 2.17. The maximum Gasteiger partial charge on any atom is 0.223 e. The van der Waals surface area contributed by atoms with Crippen molar-refractivity contribution in [1.29, 1.82) is 0 Å². The van der Waals surface area contributed by atoms with Crippen LogP contribution in [0.4, 0.5) is 0 Å². The fourth-order valence-corrected chi connectivity index (χ4v) is 1.23. The summed E-state index contributed by atoms with van der Waals surface area (Å²) < 4.78 is 4.99. The first-order valence-electron chi connectivity index (χ1n) is 3.89. The molecule has 66 valence electrons. The zero-order chi connectivity index (χ0) is 9.26. The van der Waals surface area contributed by atoms with Gasteiger partial charge in [0, 0.05) is 5.39 Å². The second-order valence-corrected chi connectivity index (χ2v) is 2.77. The van der Waals surface area contributed by atoms with E-state index in [1.165, 1.54) is 0 Å². The van der Waals surface area contributed by atoms with Crippen LogP contribution in [-0.2, 0) is 11.2 Å². The molecule has 0 atom stereocenters. The molecule has 2 N–H and O–H groups in total. The Morgan fingerprint density at radius 1 is 1.46 bits per heavy atom. The molecule has 0 aliphatic heterocycles. The minimum atomic E-state index is -0.404. The maximum atomic E-state index is 10.7. The molecule has 1 amide bonds. The van der Waals surface area contributed by atoms with Crippen LogP contribution < -0.4 is 5.73 Å². The molecular weight excluding hydrogens is 168 g/mol. The van der Waals surface area contributed by atoms with Crippen molar-refractivity contribution in [3.8, 4) is 0 Å². The van der Waals surface area contributed by atoms with Crippen LogP contribution in [-0.4, -0.2) is 11.1 Å². The average Bonchev–Trinajstić information content (AvgIpc) is 2.48. The quantitative estimate of drug-likeness (QED) is 0.737. The highest BCUT2D eigenvalue weighted by atomic mass is 16.5. The molecule has 2 aromatic rings. The van der Waals surface area contributed by atoms with Crippen LogP contribution in [0.25, 0.3) is 11.0 Å². The summed E-state index contributed by atoms with van der Waals surface area (Å²) in [6.07, 6.45) is 0.122. The highest BCUT2D eigenvalue weighted by Gasteiger charge is 2.08. The molecule has 0 aliphatic carbocycles. The predicted molar refractivity (Wildman–Crippen MR) is 46.9 cm³/mol. The normalized spacial score (nSPS) is 10.5. The first-order valence-corrected chi connectivity index (χ1v) is 3.89. The summed E-state index contributed by atoms with van der Waals surface area (Å²) in [4.78, 5) is 10.7. The third-order valence-electron chi connectivity index (χ3n) is 1.79. The van der Waals surface area contributed by atoms with Crippen LogP contribution in [0.2, 0.25) is 0 Å². The van der Waals surface area contributed by atoms with Gasteiger partial charge in [0.2, 0.25) is 5.91 Å². The number of nitrogens with zero attached hydrogens (tertiary/aromatic N) is 1. The van der Waals surface area contributed by atoms with Crippen molar-refractivity contribution >= 4 is 16.9 Å². The number of benzene rings is 1. The fraction of sp³-hybridized carbons (Fsp3) is 0.111. The minimum Gasteiger partial charge on any atom is -0.369 e. The summed E-state index contributed by atoms with van der Waals surface area (Å²) in [6.45, 7) is 0. The van der Waals surface area contributed by atoms with E-state index >= 15 is 0 Å². The third kappa shape index (κ3) is 1.38. The number of aromatic nitrogens is 1. The Kier molecular flexibility index (Phi) is 1.73.